The maximum absolute atomic E-state index is 11.9. The number of amides is 1. The molecule has 6 nitrogen and oxygen atoms in total. The highest BCUT2D eigenvalue weighted by molar-refractivity contribution is 5.96. The maximum atomic E-state index is 11.9. The van der Waals surface area contributed by atoms with Crippen LogP contribution in [0, 0.1) is 23.0 Å². The molecule has 0 unspecified atom stereocenters. The molecule has 0 bridgehead atoms. The number of nitro benzene ring substituents is 1. The zero-order valence-corrected chi connectivity index (χ0v) is 11.3. The lowest BCUT2D eigenvalue weighted by atomic mass is 10.0. The monoisotopic (exact) mass is 285 g/mol. The Balaban J connectivity index is 0.00000180. The first-order valence-electron chi connectivity index (χ1n) is 5.82. The van der Waals surface area contributed by atoms with Crippen molar-refractivity contribution < 1.29 is 9.72 Å². The van der Waals surface area contributed by atoms with E-state index in [0.29, 0.717) is 23.6 Å². The fourth-order valence-electron chi connectivity index (χ4n) is 1.89. The molecule has 1 amide bonds. The first kappa shape index (κ1) is 15.4. The Morgan fingerprint density at radius 3 is 2.74 bits per heavy atom. The largest absolute Gasteiger partial charge is 0.352 e. The number of nitrogens with zero attached hydrogens (tertiary/aromatic N) is 1. The van der Waals surface area contributed by atoms with Crippen molar-refractivity contribution in [2.45, 2.75) is 6.92 Å². The Labute approximate surface area is 117 Å². The van der Waals surface area contributed by atoms with Gasteiger partial charge in [-0.1, -0.05) is 6.07 Å². The van der Waals surface area contributed by atoms with E-state index < -0.39 is 4.92 Å². The third kappa shape index (κ3) is 3.42. The van der Waals surface area contributed by atoms with Gasteiger partial charge in [-0.2, -0.15) is 0 Å². The van der Waals surface area contributed by atoms with E-state index in [0.717, 1.165) is 13.1 Å². The number of hydrogen-bond donors (Lipinski definition) is 2. The highest BCUT2D eigenvalue weighted by Crippen LogP contribution is 2.20. The Hall–Kier alpha value is -1.66. The molecule has 0 aliphatic carbocycles. The summed E-state index contributed by atoms with van der Waals surface area (Å²) in [6, 6.07) is 4.55. The molecule has 0 aromatic heterocycles. The van der Waals surface area contributed by atoms with Crippen molar-refractivity contribution in [3.63, 3.8) is 0 Å². The van der Waals surface area contributed by atoms with Crippen LogP contribution in [0.1, 0.15) is 15.9 Å². The van der Waals surface area contributed by atoms with Gasteiger partial charge in [-0.05, 0) is 13.0 Å². The molecule has 7 heteroatoms. The van der Waals surface area contributed by atoms with Crippen LogP contribution in [-0.2, 0) is 0 Å². The van der Waals surface area contributed by atoms with Crippen LogP contribution in [0.15, 0.2) is 18.2 Å². The molecule has 0 saturated carbocycles. The topological polar surface area (TPSA) is 84.3 Å². The molecule has 2 rings (SSSR count). The van der Waals surface area contributed by atoms with Crippen molar-refractivity contribution >= 4 is 24.0 Å². The third-order valence-corrected chi connectivity index (χ3v) is 3.16. The minimum Gasteiger partial charge on any atom is -0.352 e. The van der Waals surface area contributed by atoms with Crippen LogP contribution in [0.2, 0.25) is 0 Å². The Kier molecular flexibility index (Phi) is 5.26. The highest BCUT2D eigenvalue weighted by Gasteiger charge is 2.20. The van der Waals surface area contributed by atoms with Crippen LogP contribution in [0.3, 0.4) is 0 Å². The second-order valence-corrected chi connectivity index (χ2v) is 4.44. The molecule has 0 atom stereocenters. The van der Waals surface area contributed by atoms with Gasteiger partial charge in [-0.15, -0.1) is 12.4 Å². The molecule has 19 heavy (non-hydrogen) atoms. The lowest BCUT2D eigenvalue weighted by molar-refractivity contribution is -0.385. The van der Waals surface area contributed by atoms with Crippen LogP contribution in [0.4, 0.5) is 5.69 Å². The van der Waals surface area contributed by atoms with E-state index in [1.807, 2.05) is 0 Å². The molecule has 0 radical (unpaired) electrons. The molecule has 0 spiro atoms. The fraction of sp³-hybridized carbons (Fsp3) is 0.417. The van der Waals surface area contributed by atoms with Crippen LogP contribution in [0.25, 0.3) is 0 Å². The van der Waals surface area contributed by atoms with Crippen LogP contribution in [0.5, 0.6) is 0 Å². The Morgan fingerprint density at radius 1 is 1.53 bits per heavy atom. The average molecular weight is 286 g/mol. The first-order chi connectivity index (χ1) is 8.59. The van der Waals surface area contributed by atoms with Gasteiger partial charge in [0.1, 0.15) is 0 Å². The summed E-state index contributed by atoms with van der Waals surface area (Å²) in [5.41, 5.74) is 0.760. The number of nitro groups is 1. The number of carbonyl (C=O) groups is 1. The van der Waals surface area contributed by atoms with E-state index in [9.17, 15) is 14.9 Å². The molecule has 1 fully saturated rings. The van der Waals surface area contributed by atoms with Gasteiger partial charge in [-0.25, -0.2) is 0 Å². The molecule has 1 aromatic rings. The standard InChI is InChI=1S/C12H15N3O3.ClH/c1-8-10(3-2-4-11(8)15(17)18)12(16)14-7-9-5-13-6-9;/h2-4,9,13H,5-7H2,1H3,(H,14,16);1H. The molecule has 104 valence electrons. The molecule has 1 aromatic carbocycles. The quantitative estimate of drug-likeness (QED) is 0.644. The van der Waals surface area contributed by atoms with E-state index in [4.69, 9.17) is 0 Å². The van der Waals surface area contributed by atoms with Crippen molar-refractivity contribution in [2.75, 3.05) is 19.6 Å². The van der Waals surface area contributed by atoms with Crippen molar-refractivity contribution in [3.05, 3.63) is 39.4 Å². The van der Waals surface area contributed by atoms with Gasteiger partial charge in [0.05, 0.1) is 4.92 Å². The molecule has 1 heterocycles. The lowest BCUT2D eigenvalue weighted by Crippen LogP contribution is -2.48. The van der Waals surface area contributed by atoms with Crippen molar-refractivity contribution in [1.29, 1.82) is 0 Å². The normalized spacial score (nSPS) is 14.2. The second-order valence-electron chi connectivity index (χ2n) is 4.44. The zero-order valence-electron chi connectivity index (χ0n) is 10.5. The van der Waals surface area contributed by atoms with Gasteiger partial charge in [0.2, 0.25) is 0 Å². The SMILES string of the molecule is Cc1c(C(=O)NCC2CNC2)cccc1[N+](=O)[O-].Cl. The summed E-state index contributed by atoms with van der Waals surface area (Å²) in [4.78, 5) is 22.2. The van der Waals surface area contributed by atoms with Crippen molar-refractivity contribution in [1.82, 2.24) is 10.6 Å². The minimum atomic E-state index is -0.470. The molecule has 2 N–H and O–H groups in total. The van der Waals surface area contributed by atoms with E-state index >= 15 is 0 Å². The van der Waals surface area contributed by atoms with Gasteiger partial charge in [0.15, 0.2) is 0 Å². The predicted molar refractivity (Wildman–Crippen MR) is 73.8 cm³/mol. The van der Waals surface area contributed by atoms with Crippen LogP contribution < -0.4 is 10.6 Å². The summed E-state index contributed by atoms with van der Waals surface area (Å²) in [6.07, 6.45) is 0. The minimum absolute atomic E-state index is 0. The molecule has 1 aliphatic rings. The summed E-state index contributed by atoms with van der Waals surface area (Å²) in [7, 11) is 0. The highest BCUT2D eigenvalue weighted by atomic mass is 35.5. The van der Waals surface area contributed by atoms with E-state index in [1.54, 1.807) is 13.0 Å². The molecular weight excluding hydrogens is 270 g/mol. The molecule has 1 aliphatic heterocycles. The van der Waals surface area contributed by atoms with E-state index in [1.165, 1.54) is 12.1 Å². The second kappa shape index (κ2) is 6.49. The summed E-state index contributed by atoms with van der Waals surface area (Å²) in [5.74, 6) is 0.219. The number of nitrogens with one attached hydrogen (secondary N) is 2. The molecule has 1 saturated heterocycles. The number of rotatable bonds is 4. The van der Waals surface area contributed by atoms with E-state index in [2.05, 4.69) is 10.6 Å². The number of hydrogen-bond acceptors (Lipinski definition) is 4. The number of carbonyl (C=O) groups excluding carboxylic acids is 1. The fourth-order valence-corrected chi connectivity index (χ4v) is 1.89. The van der Waals surface area contributed by atoms with Gasteiger partial charge >= 0.3 is 0 Å². The van der Waals surface area contributed by atoms with Crippen molar-refractivity contribution in [3.8, 4) is 0 Å². The zero-order chi connectivity index (χ0) is 13.1. The summed E-state index contributed by atoms with van der Waals surface area (Å²) in [6.45, 7) is 4.02. The average Bonchev–Trinajstić information content (AvgIpc) is 2.26. The third-order valence-electron chi connectivity index (χ3n) is 3.16. The Morgan fingerprint density at radius 2 is 2.21 bits per heavy atom. The number of halogens is 1. The lowest BCUT2D eigenvalue weighted by Gasteiger charge is -2.27. The molecular formula is C12H16ClN3O3. The van der Waals surface area contributed by atoms with E-state index in [-0.39, 0.29) is 24.0 Å². The van der Waals surface area contributed by atoms with Gasteiger partial charge < -0.3 is 10.6 Å². The number of benzene rings is 1. The van der Waals surface area contributed by atoms with Gasteiger partial charge in [0, 0.05) is 42.7 Å². The Bertz CT molecular complexity index is 489. The van der Waals surface area contributed by atoms with Gasteiger partial charge in [-0.3, -0.25) is 14.9 Å². The van der Waals surface area contributed by atoms with Gasteiger partial charge in [0.25, 0.3) is 11.6 Å². The summed E-state index contributed by atoms with van der Waals surface area (Å²) < 4.78 is 0. The van der Waals surface area contributed by atoms with Crippen LogP contribution >= 0.6 is 12.4 Å². The first-order valence-corrected chi connectivity index (χ1v) is 5.82. The summed E-state index contributed by atoms with van der Waals surface area (Å²) >= 11 is 0. The summed E-state index contributed by atoms with van der Waals surface area (Å²) in [5, 5.41) is 16.7. The smallest absolute Gasteiger partial charge is 0.273 e. The van der Waals surface area contributed by atoms with Crippen molar-refractivity contribution in [2.24, 2.45) is 5.92 Å². The van der Waals surface area contributed by atoms with Crippen LogP contribution in [-0.4, -0.2) is 30.5 Å². The predicted octanol–water partition coefficient (Wildman–Crippen LogP) is 1.27. The maximum Gasteiger partial charge on any atom is 0.273 e.